The van der Waals surface area contributed by atoms with Gasteiger partial charge in [0.25, 0.3) is 0 Å². The van der Waals surface area contributed by atoms with Crippen LogP contribution in [0.25, 0.3) is 0 Å². The lowest BCUT2D eigenvalue weighted by atomic mass is 10.2. The maximum absolute atomic E-state index is 11.5. The molecule has 21 heavy (non-hydrogen) atoms. The van der Waals surface area contributed by atoms with E-state index < -0.39 is 17.7 Å². The molecule has 0 spiro atoms. The fraction of sp³-hybridized carbons (Fsp3) is 0.462. The summed E-state index contributed by atoms with van der Waals surface area (Å²) < 4.78 is 5.13. The minimum Gasteiger partial charge on any atom is -0.444 e. The largest absolute Gasteiger partial charge is 0.444 e. The van der Waals surface area contributed by atoms with Gasteiger partial charge in [0.05, 0.1) is 6.54 Å². The van der Waals surface area contributed by atoms with Crippen LogP contribution in [0.15, 0.2) is 16.6 Å². The Kier molecular flexibility index (Phi) is 5.71. The Morgan fingerprint density at radius 1 is 1.43 bits per heavy atom. The Bertz CT molecular complexity index is 546. The Morgan fingerprint density at radius 3 is 2.67 bits per heavy atom. The molecule has 116 valence electrons. The highest BCUT2D eigenvalue weighted by atomic mass is 32.1. The molecule has 0 atom stereocenters. The molecule has 1 heterocycles. The summed E-state index contributed by atoms with van der Waals surface area (Å²) in [5.74, 6) is -0.440. The first-order chi connectivity index (χ1) is 9.67. The third-order valence-corrected chi connectivity index (χ3v) is 2.96. The summed E-state index contributed by atoms with van der Waals surface area (Å²) in [5, 5.41) is 7.89. The van der Waals surface area contributed by atoms with Crippen molar-refractivity contribution in [1.82, 2.24) is 5.32 Å². The molecule has 1 rings (SSSR count). The summed E-state index contributed by atoms with van der Waals surface area (Å²) in [4.78, 5) is 27.5. The van der Waals surface area contributed by atoms with Crippen LogP contribution in [-0.2, 0) is 20.9 Å². The molecule has 0 aromatic carbocycles. The molecule has 8 heteroatoms. The quantitative estimate of drug-likeness (QED) is 0.383. The van der Waals surface area contributed by atoms with Crippen LogP contribution in [0.2, 0.25) is 0 Å². The van der Waals surface area contributed by atoms with Crippen LogP contribution in [-0.4, -0.2) is 23.5 Å². The van der Waals surface area contributed by atoms with E-state index in [0.29, 0.717) is 12.1 Å². The van der Waals surface area contributed by atoms with Crippen LogP contribution in [0.1, 0.15) is 38.1 Å². The minimum atomic E-state index is -0.542. The summed E-state index contributed by atoms with van der Waals surface area (Å²) in [7, 11) is 0. The number of nitrogens with zero attached hydrogens (tertiary/aromatic N) is 1. The average molecular weight is 313 g/mol. The van der Waals surface area contributed by atoms with Crippen LogP contribution in [0.4, 0.5) is 4.79 Å². The van der Waals surface area contributed by atoms with Crippen molar-refractivity contribution < 1.29 is 19.2 Å². The number of carbonyl (C=O) groups excluding carboxylic acids is 2. The number of oxime groups is 1. The third-order valence-electron chi connectivity index (χ3n) is 2.03. The Balaban J connectivity index is 2.54. The first-order valence-electron chi connectivity index (χ1n) is 6.23. The molecule has 0 aliphatic rings. The first-order valence-corrected chi connectivity index (χ1v) is 7.11. The molecule has 3 N–H and O–H groups in total. The molecule has 0 saturated heterocycles. The van der Waals surface area contributed by atoms with Gasteiger partial charge in [0.15, 0.2) is 5.84 Å². The Hall–Kier alpha value is -2.09. The number of hydrogen-bond donors (Lipinski definition) is 2. The maximum Gasteiger partial charge on any atom is 0.407 e. The monoisotopic (exact) mass is 313 g/mol. The van der Waals surface area contributed by atoms with E-state index in [-0.39, 0.29) is 5.84 Å². The van der Waals surface area contributed by atoms with Gasteiger partial charge < -0.3 is 20.6 Å². The van der Waals surface area contributed by atoms with Gasteiger partial charge in [-0.3, -0.25) is 0 Å². The predicted molar refractivity (Wildman–Crippen MR) is 79.9 cm³/mol. The fourth-order valence-electron chi connectivity index (χ4n) is 1.25. The van der Waals surface area contributed by atoms with Crippen molar-refractivity contribution >= 4 is 29.2 Å². The topological polar surface area (TPSA) is 103 Å². The summed E-state index contributed by atoms with van der Waals surface area (Å²) in [6.07, 6.45) is -0.487. The molecule has 0 fully saturated rings. The molecule has 1 aromatic rings. The number of rotatable bonds is 4. The standard InChI is InChI=1S/C13H19N3O4S/c1-8(17)20-16-11(14)9-5-10(21-7-9)6-15-12(18)19-13(2,3)4/h5,7H,6H2,1-4H3,(H2,14,16)(H,15,18). The number of carbonyl (C=O) groups is 2. The van der Waals surface area contributed by atoms with Crippen molar-refractivity contribution in [3.8, 4) is 0 Å². The Morgan fingerprint density at radius 2 is 2.10 bits per heavy atom. The van der Waals surface area contributed by atoms with E-state index in [1.54, 1.807) is 32.2 Å². The molecular formula is C13H19N3O4S. The second-order valence-electron chi connectivity index (χ2n) is 5.22. The minimum absolute atomic E-state index is 0.102. The predicted octanol–water partition coefficient (Wildman–Crippen LogP) is 1.96. The van der Waals surface area contributed by atoms with Gasteiger partial charge in [0, 0.05) is 22.7 Å². The van der Waals surface area contributed by atoms with Crippen molar-refractivity contribution in [2.75, 3.05) is 0 Å². The lowest BCUT2D eigenvalue weighted by Crippen LogP contribution is -2.31. The molecule has 1 amide bonds. The molecule has 7 nitrogen and oxygen atoms in total. The third kappa shape index (κ3) is 6.75. The Labute approximate surface area is 127 Å². The lowest BCUT2D eigenvalue weighted by Gasteiger charge is -2.19. The van der Waals surface area contributed by atoms with Crippen molar-refractivity contribution in [3.63, 3.8) is 0 Å². The highest BCUT2D eigenvalue weighted by Crippen LogP contribution is 2.15. The van der Waals surface area contributed by atoms with Crippen LogP contribution in [0, 0.1) is 0 Å². The highest BCUT2D eigenvalue weighted by molar-refractivity contribution is 7.10. The van der Waals surface area contributed by atoms with Gasteiger partial charge in [-0.05, 0) is 26.8 Å². The van der Waals surface area contributed by atoms with E-state index in [9.17, 15) is 9.59 Å². The summed E-state index contributed by atoms with van der Waals surface area (Å²) in [5.41, 5.74) is 5.75. The van der Waals surface area contributed by atoms with Gasteiger partial charge in [-0.2, -0.15) is 0 Å². The number of amides is 1. The smallest absolute Gasteiger partial charge is 0.407 e. The van der Waals surface area contributed by atoms with E-state index in [4.69, 9.17) is 10.5 Å². The number of ether oxygens (including phenoxy) is 1. The van der Waals surface area contributed by atoms with Gasteiger partial charge in [-0.1, -0.05) is 5.16 Å². The van der Waals surface area contributed by atoms with E-state index >= 15 is 0 Å². The number of nitrogens with one attached hydrogen (secondary N) is 1. The second-order valence-corrected chi connectivity index (χ2v) is 6.21. The van der Waals surface area contributed by atoms with Crippen molar-refractivity contribution in [3.05, 3.63) is 21.9 Å². The molecule has 0 saturated carbocycles. The van der Waals surface area contributed by atoms with Crippen LogP contribution in [0.3, 0.4) is 0 Å². The molecular weight excluding hydrogens is 294 g/mol. The number of hydrogen-bond acceptors (Lipinski definition) is 6. The summed E-state index contributed by atoms with van der Waals surface area (Å²) in [6.45, 7) is 6.94. The van der Waals surface area contributed by atoms with Crippen LogP contribution < -0.4 is 11.1 Å². The van der Waals surface area contributed by atoms with Crippen molar-refractivity contribution in [1.29, 1.82) is 0 Å². The number of nitrogens with two attached hydrogens (primary N) is 1. The normalized spacial score (nSPS) is 11.9. The van der Waals surface area contributed by atoms with Crippen LogP contribution >= 0.6 is 11.3 Å². The summed E-state index contributed by atoms with van der Waals surface area (Å²) in [6, 6.07) is 1.75. The van der Waals surface area contributed by atoms with Gasteiger partial charge in [-0.15, -0.1) is 11.3 Å². The van der Waals surface area contributed by atoms with E-state index in [1.807, 2.05) is 0 Å². The SMILES string of the molecule is CC(=O)ON=C(N)c1csc(CNC(=O)OC(C)(C)C)c1. The fourth-order valence-corrected chi connectivity index (χ4v) is 2.06. The van der Waals surface area contributed by atoms with Crippen LogP contribution in [0.5, 0.6) is 0 Å². The number of alkyl carbamates (subject to hydrolysis) is 1. The zero-order chi connectivity index (χ0) is 16.0. The molecule has 0 aliphatic heterocycles. The highest BCUT2D eigenvalue weighted by Gasteiger charge is 2.16. The molecule has 0 radical (unpaired) electrons. The number of thiophene rings is 1. The van der Waals surface area contributed by atoms with E-state index in [1.165, 1.54) is 18.3 Å². The summed E-state index contributed by atoms with van der Waals surface area (Å²) >= 11 is 1.40. The molecule has 0 aliphatic carbocycles. The van der Waals surface area contributed by atoms with E-state index in [2.05, 4.69) is 15.3 Å². The molecule has 0 unspecified atom stereocenters. The second kappa shape index (κ2) is 7.07. The number of amidine groups is 1. The van der Waals surface area contributed by atoms with Crippen molar-refractivity contribution in [2.45, 2.75) is 39.8 Å². The van der Waals surface area contributed by atoms with Gasteiger partial charge in [0.2, 0.25) is 0 Å². The average Bonchev–Trinajstić information content (AvgIpc) is 2.80. The first kappa shape index (κ1) is 17.0. The molecule has 1 aromatic heterocycles. The van der Waals surface area contributed by atoms with Gasteiger partial charge >= 0.3 is 12.1 Å². The maximum atomic E-state index is 11.5. The van der Waals surface area contributed by atoms with Gasteiger partial charge in [0.1, 0.15) is 5.60 Å². The van der Waals surface area contributed by atoms with E-state index in [0.717, 1.165) is 4.88 Å². The lowest BCUT2D eigenvalue weighted by molar-refractivity contribution is -0.140. The van der Waals surface area contributed by atoms with Gasteiger partial charge in [-0.25, -0.2) is 9.59 Å². The van der Waals surface area contributed by atoms with Crippen molar-refractivity contribution in [2.24, 2.45) is 10.9 Å². The zero-order valence-corrected chi connectivity index (χ0v) is 13.2. The molecule has 0 bridgehead atoms. The zero-order valence-electron chi connectivity index (χ0n) is 12.4.